The zero-order chi connectivity index (χ0) is 15.4. The summed E-state index contributed by atoms with van der Waals surface area (Å²) in [6.45, 7) is 1.79. The number of halogens is 2. The van der Waals surface area contributed by atoms with Crippen LogP contribution in [0.5, 0.6) is 0 Å². The van der Waals surface area contributed by atoms with Gasteiger partial charge in [0.25, 0.3) is 0 Å². The molecule has 1 aliphatic heterocycles. The number of amides is 2. The molecular weight excluding hydrogens is 315 g/mol. The largest absolute Gasteiger partial charge is 0.368 e. The molecule has 1 heterocycles. The Morgan fingerprint density at radius 3 is 2.90 bits per heavy atom. The van der Waals surface area contributed by atoms with Crippen molar-refractivity contribution in [3.8, 4) is 0 Å². The van der Waals surface area contributed by atoms with Crippen molar-refractivity contribution in [1.29, 1.82) is 0 Å². The highest BCUT2D eigenvalue weighted by Gasteiger charge is 2.28. The van der Waals surface area contributed by atoms with Crippen LogP contribution in [0.15, 0.2) is 18.2 Å². The first-order chi connectivity index (χ1) is 9.97. The Morgan fingerprint density at radius 2 is 2.19 bits per heavy atom. The van der Waals surface area contributed by atoms with E-state index in [1.54, 1.807) is 23.1 Å². The third-order valence-corrected chi connectivity index (χ3v) is 3.80. The van der Waals surface area contributed by atoms with Crippen LogP contribution in [0.2, 0.25) is 10.0 Å². The number of hydrogen-bond acceptors (Lipinski definition) is 4. The Balaban J connectivity index is 2.00. The molecule has 6 nitrogen and oxygen atoms in total. The van der Waals surface area contributed by atoms with E-state index >= 15 is 0 Å². The average Bonchev–Trinajstić information content (AvgIpc) is 2.43. The van der Waals surface area contributed by atoms with E-state index in [1.807, 2.05) is 0 Å². The first kappa shape index (κ1) is 16.0. The molecule has 21 heavy (non-hydrogen) atoms. The lowest BCUT2D eigenvalue weighted by Crippen LogP contribution is -2.58. The number of rotatable bonds is 4. The van der Waals surface area contributed by atoms with E-state index < -0.39 is 11.9 Å². The number of piperazine rings is 1. The molecule has 1 aromatic carbocycles. The topological polar surface area (TPSA) is 87.5 Å². The fourth-order valence-electron chi connectivity index (χ4n) is 2.18. The number of primary amides is 1. The predicted molar refractivity (Wildman–Crippen MR) is 82.5 cm³/mol. The molecule has 0 aliphatic carbocycles. The Kier molecular flexibility index (Phi) is 5.41. The Labute approximate surface area is 132 Å². The molecule has 8 heteroatoms. The molecule has 0 bridgehead atoms. The molecule has 114 valence electrons. The third-order valence-electron chi connectivity index (χ3n) is 3.23. The second-order valence-corrected chi connectivity index (χ2v) is 5.61. The maximum absolute atomic E-state index is 12.1. The second-order valence-electron chi connectivity index (χ2n) is 4.77. The molecular formula is C13H16Cl2N4O2. The Hall–Kier alpha value is -1.34. The first-order valence-electron chi connectivity index (χ1n) is 6.46. The van der Waals surface area contributed by atoms with Crippen LogP contribution in [0, 0.1) is 0 Å². The van der Waals surface area contributed by atoms with Crippen molar-refractivity contribution in [2.24, 2.45) is 5.73 Å². The van der Waals surface area contributed by atoms with Gasteiger partial charge in [0, 0.05) is 24.7 Å². The molecule has 1 atom stereocenters. The molecule has 0 saturated carbocycles. The van der Waals surface area contributed by atoms with Gasteiger partial charge in [0.05, 0.1) is 17.3 Å². The zero-order valence-corrected chi connectivity index (χ0v) is 12.7. The Bertz CT molecular complexity index is 553. The third kappa shape index (κ3) is 4.31. The lowest BCUT2D eigenvalue weighted by molar-refractivity contribution is -0.125. The molecule has 1 unspecified atom stereocenters. The highest BCUT2D eigenvalue weighted by molar-refractivity contribution is 6.35. The molecule has 0 radical (unpaired) electrons. The lowest BCUT2D eigenvalue weighted by Gasteiger charge is -2.33. The number of benzene rings is 1. The van der Waals surface area contributed by atoms with Crippen molar-refractivity contribution >= 4 is 40.7 Å². The van der Waals surface area contributed by atoms with Crippen LogP contribution in [0.1, 0.15) is 0 Å². The van der Waals surface area contributed by atoms with Gasteiger partial charge in [-0.25, -0.2) is 0 Å². The van der Waals surface area contributed by atoms with E-state index in [0.717, 1.165) is 0 Å². The molecule has 0 spiro atoms. The number of nitrogens with two attached hydrogens (primary N) is 1. The van der Waals surface area contributed by atoms with Crippen molar-refractivity contribution in [1.82, 2.24) is 10.2 Å². The van der Waals surface area contributed by atoms with Crippen LogP contribution in [-0.2, 0) is 9.59 Å². The smallest absolute Gasteiger partial charge is 0.238 e. The molecule has 0 aromatic heterocycles. The summed E-state index contributed by atoms with van der Waals surface area (Å²) < 4.78 is 0. The summed E-state index contributed by atoms with van der Waals surface area (Å²) in [4.78, 5) is 25.2. The van der Waals surface area contributed by atoms with Crippen molar-refractivity contribution in [3.63, 3.8) is 0 Å². The van der Waals surface area contributed by atoms with Crippen LogP contribution in [0.4, 0.5) is 5.69 Å². The fraction of sp³-hybridized carbons (Fsp3) is 0.385. The maximum atomic E-state index is 12.1. The lowest BCUT2D eigenvalue weighted by atomic mass is 10.2. The Morgan fingerprint density at radius 1 is 1.43 bits per heavy atom. The molecule has 1 aromatic rings. The summed E-state index contributed by atoms with van der Waals surface area (Å²) in [6, 6.07) is 4.33. The zero-order valence-electron chi connectivity index (χ0n) is 11.2. The summed E-state index contributed by atoms with van der Waals surface area (Å²) in [5.74, 6) is -0.719. The monoisotopic (exact) mass is 330 g/mol. The van der Waals surface area contributed by atoms with Gasteiger partial charge in [-0.3, -0.25) is 14.5 Å². The van der Waals surface area contributed by atoms with Crippen LogP contribution in [0.25, 0.3) is 0 Å². The van der Waals surface area contributed by atoms with Gasteiger partial charge in [0.2, 0.25) is 11.8 Å². The minimum absolute atomic E-state index is 0.0676. The predicted octanol–water partition coefficient (Wildman–Crippen LogP) is 0.691. The molecule has 1 aliphatic rings. The normalized spacial score (nSPS) is 19.2. The number of anilines is 1. The number of nitrogens with one attached hydrogen (secondary N) is 2. The number of hydrogen-bond donors (Lipinski definition) is 3. The first-order valence-corrected chi connectivity index (χ1v) is 7.22. The summed E-state index contributed by atoms with van der Waals surface area (Å²) >= 11 is 11.9. The molecule has 1 fully saturated rings. The van der Waals surface area contributed by atoms with E-state index in [1.165, 1.54) is 0 Å². The van der Waals surface area contributed by atoms with Gasteiger partial charge in [-0.2, -0.15) is 0 Å². The standard InChI is InChI=1S/C13H16Cl2N4O2/c14-8-1-2-9(15)10(5-8)18-12(20)7-19-4-3-17-6-11(19)13(16)21/h1-2,5,11,17H,3-4,6-7H2,(H2,16,21)(H,18,20). The van der Waals surface area contributed by atoms with Gasteiger partial charge in [-0.05, 0) is 18.2 Å². The number of carbonyl (C=O) groups excluding carboxylic acids is 2. The quantitative estimate of drug-likeness (QED) is 0.758. The summed E-state index contributed by atoms with van der Waals surface area (Å²) in [5, 5.41) is 6.64. The number of nitrogens with zero attached hydrogens (tertiary/aromatic N) is 1. The van der Waals surface area contributed by atoms with Crippen molar-refractivity contribution in [3.05, 3.63) is 28.2 Å². The second kappa shape index (κ2) is 7.09. The van der Waals surface area contributed by atoms with E-state index in [-0.39, 0.29) is 12.5 Å². The van der Waals surface area contributed by atoms with Crippen molar-refractivity contribution in [2.75, 3.05) is 31.5 Å². The van der Waals surface area contributed by atoms with E-state index in [4.69, 9.17) is 28.9 Å². The van der Waals surface area contributed by atoms with Gasteiger partial charge in [0.1, 0.15) is 6.04 Å². The van der Waals surface area contributed by atoms with Gasteiger partial charge in [0.15, 0.2) is 0 Å². The number of carbonyl (C=O) groups is 2. The van der Waals surface area contributed by atoms with Crippen molar-refractivity contribution < 1.29 is 9.59 Å². The summed E-state index contributed by atoms with van der Waals surface area (Å²) in [7, 11) is 0. The highest BCUT2D eigenvalue weighted by Crippen LogP contribution is 2.25. The van der Waals surface area contributed by atoms with Crippen LogP contribution in [0.3, 0.4) is 0 Å². The summed E-state index contributed by atoms with van der Waals surface area (Å²) in [5.41, 5.74) is 5.78. The summed E-state index contributed by atoms with van der Waals surface area (Å²) in [6.07, 6.45) is 0. The average molecular weight is 331 g/mol. The van der Waals surface area contributed by atoms with Gasteiger partial charge < -0.3 is 16.4 Å². The molecule has 2 rings (SSSR count). The molecule has 4 N–H and O–H groups in total. The fourth-order valence-corrected chi connectivity index (χ4v) is 2.52. The van der Waals surface area contributed by atoms with Crippen molar-refractivity contribution in [2.45, 2.75) is 6.04 Å². The van der Waals surface area contributed by atoms with E-state index in [0.29, 0.717) is 35.4 Å². The minimum atomic E-state index is -0.487. The molecule has 1 saturated heterocycles. The SMILES string of the molecule is NC(=O)C1CNCCN1CC(=O)Nc1cc(Cl)ccc1Cl. The van der Waals surface area contributed by atoms with Gasteiger partial charge >= 0.3 is 0 Å². The van der Waals surface area contributed by atoms with E-state index in [2.05, 4.69) is 10.6 Å². The van der Waals surface area contributed by atoms with E-state index in [9.17, 15) is 9.59 Å². The van der Waals surface area contributed by atoms with Gasteiger partial charge in [-0.1, -0.05) is 23.2 Å². The van der Waals surface area contributed by atoms with Gasteiger partial charge in [-0.15, -0.1) is 0 Å². The van der Waals surface area contributed by atoms with Crippen LogP contribution < -0.4 is 16.4 Å². The minimum Gasteiger partial charge on any atom is -0.368 e. The highest BCUT2D eigenvalue weighted by atomic mass is 35.5. The molecule has 2 amide bonds. The van der Waals surface area contributed by atoms with Crippen LogP contribution in [-0.4, -0.2) is 48.9 Å². The van der Waals surface area contributed by atoms with Crippen LogP contribution >= 0.6 is 23.2 Å². The maximum Gasteiger partial charge on any atom is 0.238 e.